The molecule has 0 bridgehead atoms. The lowest BCUT2D eigenvalue weighted by Gasteiger charge is -2.13. The Morgan fingerprint density at radius 3 is 2.66 bits per heavy atom. The predicted octanol–water partition coefficient (Wildman–Crippen LogP) is 3.97. The van der Waals surface area contributed by atoms with E-state index in [1.54, 1.807) is 6.92 Å². The first-order valence-electron chi connectivity index (χ1n) is 10.4. The minimum absolute atomic E-state index is 0.0374. The summed E-state index contributed by atoms with van der Waals surface area (Å²) in [4.78, 5) is 32.2. The van der Waals surface area contributed by atoms with Gasteiger partial charge in [-0.05, 0) is 42.8 Å². The van der Waals surface area contributed by atoms with Gasteiger partial charge in [0.15, 0.2) is 5.69 Å². The highest BCUT2D eigenvalue weighted by Crippen LogP contribution is 2.48. The fourth-order valence-corrected chi connectivity index (χ4v) is 3.91. The number of aromatic nitrogens is 3. The lowest BCUT2D eigenvalue weighted by atomic mass is 10.1. The molecule has 1 fully saturated rings. The minimum atomic E-state index is -1.11. The van der Waals surface area contributed by atoms with Crippen molar-refractivity contribution < 1.29 is 28.3 Å². The number of carboxylic acids is 1. The standard InChI is InChI=1S/C23H15N5O6S/c1-12(13-5-3-2-4-6-13)32-22(31)26-17-14(28-35-15(17)11-24)7-8-16-25-18-19(33-16)34-20(27-18)23(9-10-23)21(29)30/h2-6,12H,9-10H2,1H3,(H,26,31)(H,29,30). The van der Waals surface area contributed by atoms with Crippen LogP contribution < -0.4 is 5.32 Å². The first-order valence-corrected chi connectivity index (χ1v) is 11.1. The number of hydrogen-bond donors (Lipinski definition) is 2. The first kappa shape index (κ1) is 22.1. The molecule has 5 rings (SSSR count). The number of aliphatic carboxylic acids is 1. The van der Waals surface area contributed by atoms with E-state index >= 15 is 0 Å². The largest absolute Gasteiger partial charge is 0.480 e. The Morgan fingerprint density at radius 2 is 2.00 bits per heavy atom. The van der Waals surface area contributed by atoms with Crippen LogP contribution in [0.25, 0.3) is 11.4 Å². The molecule has 1 saturated carbocycles. The van der Waals surface area contributed by atoms with E-state index in [2.05, 4.69) is 31.5 Å². The van der Waals surface area contributed by atoms with Gasteiger partial charge in [0.25, 0.3) is 5.89 Å². The van der Waals surface area contributed by atoms with Gasteiger partial charge < -0.3 is 18.7 Å². The Kier molecular flexibility index (Phi) is 5.43. The van der Waals surface area contributed by atoms with Gasteiger partial charge in [-0.15, -0.1) is 0 Å². The van der Waals surface area contributed by atoms with E-state index in [1.165, 1.54) is 0 Å². The summed E-state index contributed by atoms with van der Waals surface area (Å²) in [6.07, 6.45) is -0.408. The molecule has 1 aromatic carbocycles. The van der Waals surface area contributed by atoms with Crippen LogP contribution >= 0.6 is 11.5 Å². The number of hydrogen-bond acceptors (Lipinski definition) is 10. The highest BCUT2D eigenvalue weighted by atomic mass is 32.1. The lowest BCUT2D eigenvalue weighted by Crippen LogP contribution is -2.19. The SMILES string of the molecule is CC(OC(=O)Nc1c(C#Cc2nc3nc(C4(C(=O)O)CC4)oc3o2)nsc1C#N)c1ccccc1. The van der Waals surface area contributed by atoms with Crippen LogP contribution in [0.5, 0.6) is 0 Å². The molecule has 3 heterocycles. The number of nitrogens with zero attached hydrogens (tertiary/aromatic N) is 4. The molecule has 0 aliphatic heterocycles. The highest BCUT2D eigenvalue weighted by Gasteiger charge is 2.56. The molecular weight excluding hydrogens is 474 g/mol. The fraction of sp³-hybridized carbons (Fsp3) is 0.217. The minimum Gasteiger partial charge on any atom is -0.480 e. The molecule has 0 saturated heterocycles. The van der Waals surface area contributed by atoms with Gasteiger partial charge in [-0.3, -0.25) is 10.1 Å². The number of benzene rings is 1. The number of carboxylic acid groups (broad SMARTS) is 1. The normalized spacial score (nSPS) is 14.4. The summed E-state index contributed by atoms with van der Waals surface area (Å²) in [5.74, 6) is 4.32. The van der Waals surface area contributed by atoms with Crippen LogP contribution in [-0.2, 0) is 14.9 Å². The van der Waals surface area contributed by atoms with Crippen LogP contribution in [0.2, 0.25) is 0 Å². The van der Waals surface area contributed by atoms with E-state index in [0.29, 0.717) is 12.8 Å². The summed E-state index contributed by atoms with van der Waals surface area (Å²) >= 11 is 0.868. The van der Waals surface area contributed by atoms with Gasteiger partial charge in [-0.1, -0.05) is 30.3 Å². The summed E-state index contributed by atoms with van der Waals surface area (Å²) in [5, 5.41) is 21.3. The van der Waals surface area contributed by atoms with Crippen molar-refractivity contribution in [2.45, 2.75) is 31.3 Å². The summed E-state index contributed by atoms with van der Waals surface area (Å²) in [6.45, 7) is 1.73. The number of carbonyl (C=O) groups excluding carboxylic acids is 1. The molecule has 12 heteroatoms. The first-order chi connectivity index (χ1) is 16.9. The van der Waals surface area contributed by atoms with Crippen LogP contribution in [0.1, 0.15) is 53.8 Å². The number of fused-ring (bicyclic) bond motifs is 1. The molecule has 174 valence electrons. The van der Waals surface area contributed by atoms with E-state index in [1.807, 2.05) is 36.4 Å². The third-order valence-electron chi connectivity index (χ3n) is 5.41. The predicted molar refractivity (Wildman–Crippen MR) is 120 cm³/mol. The number of anilines is 1. The van der Waals surface area contributed by atoms with Crippen LogP contribution in [0.15, 0.2) is 39.2 Å². The quantitative estimate of drug-likeness (QED) is 0.392. The van der Waals surface area contributed by atoms with Crippen molar-refractivity contribution in [3.63, 3.8) is 0 Å². The van der Waals surface area contributed by atoms with Gasteiger partial charge in [-0.25, -0.2) is 4.79 Å². The summed E-state index contributed by atoms with van der Waals surface area (Å²) in [6, 6.07) is 11.2. The average molecular weight is 489 g/mol. The Labute approximate surface area is 201 Å². The molecule has 2 N–H and O–H groups in total. The third-order valence-corrected chi connectivity index (χ3v) is 6.16. The van der Waals surface area contributed by atoms with Crippen molar-refractivity contribution in [3.05, 3.63) is 58.2 Å². The van der Waals surface area contributed by atoms with Crippen LogP contribution in [0, 0.1) is 23.2 Å². The third kappa shape index (κ3) is 4.18. The Morgan fingerprint density at radius 1 is 1.23 bits per heavy atom. The second kappa shape index (κ2) is 8.59. The number of rotatable bonds is 5. The van der Waals surface area contributed by atoms with E-state index < -0.39 is 23.6 Å². The zero-order chi connectivity index (χ0) is 24.6. The molecule has 0 radical (unpaired) electrons. The maximum Gasteiger partial charge on any atom is 0.412 e. The van der Waals surface area contributed by atoms with Crippen molar-refractivity contribution in [3.8, 4) is 17.9 Å². The molecule has 0 spiro atoms. The lowest BCUT2D eigenvalue weighted by molar-refractivity contribution is -0.140. The average Bonchev–Trinajstić information content (AvgIpc) is 3.24. The molecule has 11 nitrogen and oxygen atoms in total. The Balaban J connectivity index is 1.33. The van der Waals surface area contributed by atoms with E-state index in [4.69, 9.17) is 13.6 Å². The highest BCUT2D eigenvalue weighted by molar-refractivity contribution is 7.07. The zero-order valence-electron chi connectivity index (χ0n) is 18.1. The van der Waals surface area contributed by atoms with E-state index in [9.17, 15) is 20.0 Å². The van der Waals surface area contributed by atoms with Gasteiger partial charge in [0.2, 0.25) is 11.5 Å². The van der Waals surface area contributed by atoms with Gasteiger partial charge >= 0.3 is 17.8 Å². The molecule has 35 heavy (non-hydrogen) atoms. The van der Waals surface area contributed by atoms with Crippen molar-refractivity contribution in [2.75, 3.05) is 5.32 Å². The van der Waals surface area contributed by atoms with Crippen molar-refractivity contribution in [1.82, 2.24) is 14.3 Å². The topological polar surface area (TPSA) is 164 Å². The number of nitriles is 1. The number of oxazole rings is 2. The molecule has 1 aliphatic rings. The van der Waals surface area contributed by atoms with Gasteiger partial charge in [0, 0.05) is 5.92 Å². The fourth-order valence-electron chi connectivity index (χ4n) is 3.31. The van der Waals surface area contributed by atoms with Crippen LogP contribution in [0.4, 0.5) is 10.5 Å². The van der Waals surface area contributed by atoms with E-state index in [-0.39, 0.29) is 39.5 Å². The molecular formula is C23H15N5O6S. The Bertz CT molecular complexity index is 1520. The smallest absolute Gasteiger partial charge is 0.412 e. The summed E-state index contributed by atoms with van der Waals surface area (Å²) in [7, 11) is 0. The maximum absolute atomic E-state index is 12.4. The van der Waals surface area contributed by atoms with Gasteiger partial charge in [0.1, 0.15) is 28.2 Å². The zero-order valence-corrected chi connectivity index (χ0v) is 18.9. The molecule has 1 amide bonds. The van der Waals surface area contributed by atoms with Gasteiger partial charge in [0.05, 0.1) is 0 Å². The second-order valence-electron chi connectivity index (χ2n) is 7.72. The number of nitrogens with one attached hydrogen (secondary N) is 1. The Hall–Kier alpha value is -4.68. The van der Waals surface area contributed by atoms with Crippen molar-refractivity contribution in [2.24, 2.45) is 0 Å². The number of ether oxygens (including phenoxy) is 1. The summed E-state index contributed by atoms with van der Waals surface area (Å²) < 4.78 is 20.4. The number of carbonyl (C=O) groups is 2. The van der Waals surface area contributed by atoms with Gasteiger partial charge in [-0.2, -0.15) is 19.6 Å². The molecule has 1 aliphatic carbocycles. The second-order valence-corrected chi connectivity index (χ2v) is 8.49. The van der Waals surface area contributed by atoms with Crippen molar-refractivity contribution in [1.29, 1.82) is 5.26 Å². The van der Waals surface area contributed by atoms with Crippen molar-refractivity contribution >= 4 is 40.7 Å². The maximum atomic E-state index is 12.4. The molecule has 1 atom stereocenters. The number of amides is 1. The monoisotopic (exact) mass is 489 g/mol. The van der Waals surface area contributed by atoms with Crippen LogP contribution in [-0.4, -0.2) is 31.5 Å². The van der Waals surface area contributed by atoms with Crippen LogP contribution in [0.3, 0.4) is 0 Å². The molecule has 4 aromatic rings. The molecule has 3 aromatic heterocycles. The molecule has 1 unspecified atom stereocenters. The van der Waals surface area contributed by atoms with E-state index in [0.717, 1.165) is 17.1 Å². The summed E-state index contributed by atoms with van der Waals surface area (Å²) in [5.41, 5.74) is 0.0404.